The fourth-order valence-electron chi connectivity index (χ4n) is 1.09. The van der Waals surface area contributed by atoms with E-state index in [1.807, 2.05) is 6.92 Å². The normalized spacial score (nSPS) is 10.5. The summed E-state index contributed by atoms with van der Waals surface area (Å²) in [6.07, 6.45) is 1.49. The number of thiophene rings is 1. The SMILES string of the molecule is Cc1ccc(-c2ocnc2C)s1. The van der Waals surface area contributed by atoms with Gasteiger partial charge in [-0.05, 0) is 26.0 Å². The molecule has 2 aromatic rings. The number of nitrogens with zero attached hydrogens (tertiary/aromatic N) is 1. The summed E-state index contributed by atoms with van der Waals surface area (Å²) in [7, 11) is 0. The van der Waals surface area contributed by atoms with Gasteiger partial charge in [0.15, 0.2) is 12.2 Å². The van der Waals surface area contributed by atoms with Crippen molar-refractivity contribution in [3.05, 3.63) is 29.1 Å². The third-order valence-electron chi connectivity index (χ3n) is 1.71. The highest BCUT2D eigenvalue weighted by molar-refractivity contribution is 7.15. The number of hydrogen-bond donors (Lipinski definition) is 0. The predicted molar refractivity (Wildman–Crippen MR) is 49.3 cm³/mol. The van der Waals surface area contributed by atoms with Crippen molar-refractivity contribution in [3.8, 4) is 10.6 Å². The zero-order valence-electron chi connectivity index (χ0n) is 7.00. The Balaban J connectivity index is 2.50. The first-order valence-electron chi connectivity index (χ1n) is 3.74. The van der Waals surface area contributed by atoms with E-state index in [4.69, 9.17) is 4.42 Å². The lowest BCUT2D eigenvalue weighted by Crippen LogP contribution is -1.72. The molecule has 0 N–H and O–H groups in total. The van der Waals surface area contributed by atoms with Gasteiger partial charge in [0.1, 0.15) is 0 Å². The lowest BCUT2D eigenvalue weighted by molar-refractivity contribution is 0.572. The molecule has 0 bridgehead atoms. The van der Waals surface area contributed by atoms with Crippen molar-refractivity contribution in [2.75, 3.05) is 0 Å². The van der Waals surface area contributed by atoms with E-state index in [9.17, 15) is 0 Å². The molecule has 2 nitrogen and oxygen atoms in total. The molecular weight excluding hydrogens is 170 g/mol. The largest absolute Gasteiger partial charge is 0.442 e. The Labute approximate surface area is 74.9 Å². The van der Waals surface area contributed by atoms with Crippen LogP contribution in [0.5, 0.6) is 0 Å². The van der Waals surface area contributed by atoms with Crippen LogP contribution in [-0.2, 0) is 0 Å². The summed E-state index contributed by atoms with van der Waals surface area (Å²) in [6.45, 7) is 4.04. The summed E-state index contributed by atoms with van der Waals surface area (Å²) < 4.78 is 5.26. The number of rotatable bonds is 1. The van der Waals surface area contributed by atoms with Crippen molar-refractivity contribution in [2.45, 2.75) is 13.8 Å². The van der Waals surface area contributed by atoms with Gasteiger partial charge in [0.25, 0.3) is 0 Å². The third-order valence-corrected chi connectivity index (χ3v) is 2.71. The van der Waals surface area contributed by atoms with E-state index >= 15 is 0 Å². The van der Waals surface area contributed by atoms with Gasteiger partial charge in [-0.15, -0.1) is 11.3 Å². The van der Waals surface area contributed by atoms with Crippen LogP contribution in [0.25, 0.3) is 10.6 Å². The van der Waals surface area contributed by atoms with Gasteiger partial charge in [-0.1, -0.05) is 0 Å². The molecule has 0 amide bonds. The molecule has 2 aromatic heterocycles. The van der Waals surface area contributed by atoms with E-state index < -0.39 is 0 Å². The molecule has 2 heterocycles. The fraction of sp³-hybridized carbons (Fsp3) is 0.222. The maximum Gasteiger partial charge on any atom is 0.181 e. The quantitative estimate of drug-likeness (QED) is 0.672. The van der Waals surface area contributed by atoms with Crippen LogP contribution in [-0.4, -0.2) is 4.98 Å². The molecule has 0 saturated heterocycles. The van der Waals surface area contributed by atoms with Crippen molar-refractivity contribution >= 4 is 11.3 Å². The summed E-state index contributed by atoms with van der Waals surface area (Å²) in [5, 5.41) is 0. The Kier molecular flexibility index (Phi) is 1.73. The Morgan fingerprint density at radius 3 is 2.67 bits per heavy atom. The summed E-state index contributed by atoms with van der Waals surface area (Å²) in [5.74, 6) is 0.896. The van der Waals surface area contributed by atoms with Crippen molar-refractivity contribution in [3.63, 3.8) is 0 Å². The molecule has 2 rings (SSSR count). The first-order valence-corrected chi connectivity index (χ1v) is 4.56. The summed E-state index contributed by atoms with van der Waals surface area (Å²) in [5.41, 5.74) is 0.955. The van der Waals surface area contributed by atoms with E-state index in [1.54, 1.807) is 11.3 Å². The number of oxazole rings is 1. The summed E-state index contributed by atoms with van der Waals surface area (Å²) >= 11 is 1.73. The average Bonchev–Trinajstić information content (AvgIpc) is 2.58. The summed E-state index contributed by atoms with van der Waals surface area (Å²) in [6, 6.07) is 4.15. The van der Waals surface area contributed by atoms with Gasteiger partial charge in [-0.3, -0.25) is 0 Å². The van der Waals surface area contributed by atoms with Crippen molar-refractivity contribution in [1.29, 1.82) is 0 Å². The van der Waals surface area contributed by atoms with Gasteiger partial charge in [0.05, 0.1) is 10.6 Å². The highest BCUT2D eigenvalue weighted by Crippen LogP contribution is 2.29. The van der Waals surface area contributed by atoms with E-state index in [1.165, 1.54) is 11.3 Å². The predicted octanol–water partition coefficient (Wildman–Crippen LogP) is 3.02. The van der Waals surface area contributed by atoms with Crippen LogP contribution in [0.4, 0.5) is 0 Å². The minimum Gasteiger partial charge on any atom is -0.442 e. The van der Waals surface area contributed by atoms with Crippen LogP contribution in [0, 0.1) is 13.8 Å². The van der Waals surface area contributed by atoms with Crippen LogP contribution in [0.2, 0.25) is 0 Å². The van der Waals surface area contributed by atoms with E-state index in [-0.39, 0.29) is 0 Å². The van der Waals surface area contributed by atoms with Gasteiger partial charge in [0.2, 0.25) is 0 Å². The number of aromatic nitrogens is 1. The molecule has 62 valence electrons. The fourth-order valence-corrected chi connectivity index (χ4v) is 2.00. The molecule has 0 aliphatic carbocycles. The molecule has 0 aliphatic rings. The van der Waals surface area contributed by atoms with Crippen molar-refractivity contribution in [2.24, 2.45) is 0 Å². The number of hydrogen-bond acceptors (Lipinski definition) is 3. The molecule has 0 fully saturated rings. The molecule has 0 spiro atoms. The summed E-state index contributed by atoms with van der Waals surface area (Å²) in [4.78, 5) is 6.49. The standard InChI is InChI=1S/C9H9NOS/c1-6-3-4-8(12-6)9-7(2)10-5-11-9/h3-5H,1-2H3. The van der Waals surface area contributed by atoms with Gasteiger partial charge in [0, 0.05) is 4.88 Å². The highest BCUT2D eigenvalue weighted by Gasteiger charge is 2.07. The Morgan fingerprint density at radius 2 is 2.17 bits per heavy atom. The van der Waals surface area contributed by atoms with Gasteiger partial charge in [-0.2, -0.15) is 0 Å². The van der Waals surface area contributed by atoms with Gasteiger partial charge in [-0.25, -0.2) is 4.98 Å². The first-order chi connectivity index (χ1) is 5.77. The molecule has 0 aliphatic heterocycles. The van der Waals surface area contributed by atoms with Crippen LogP contribution in [0.15, 0.2) is 22.9 Å². The number of aryl methyl sites for hydroxylation is 2. The maximum atomic E-state index is 5.26. The molecule has 0 atom stereocenters. The van der Waals surface area contributed by atoms with E-state index in [0.29, 0.717) is 0 Å². The van der Waals surface area contributed by atoms with Crippen LogP contribution in [0.3, 0.4) is 0 Å². The molecule has 12 heavy (non-hydrogen) atoms. The minimum atomic E-state index is 0.896. The molecule has 0 aromatic carbocycles. The second kappa shape index (κ2) is 2.75. The van der Waals surface area contributed by atoms with Gasteiger partial charge < -0.3 is 4.42 Å². The van der Waals surface area contributed by atoms with E-state index in [0.717, 1.165) is 16.3 Å². The zero-order valence-corrected chi connectivity index (χ0v) is 7.81. The zero-order chi connectivity index (χ0) is 8.55. The van der Waals surface area contributed by atoms with Gasteiger partial charge >= 0.3 is 0 Å². The second-order valence-electron chi connectivity index (χ2n) is 2.68. The second-order valence-corrected chi connectivity index (χ2v) is 3.97. The van der Waals surface area contributed by atoms with Crippen LogP contribution >= 0.6 is 11.3 Å². The molecule has 0 saturated carbocycles. The first kappa shape index (κ1) is 7.55. The monoisotopic (exact) mass is 179 g/mol. The van der Waals surface area contributed by atoms with Crippen LogP contribution < -0.4 is 0 Å². The Bertz CT molecular complexity index is 389. The molecular formula is C9H9NOS. The lowest BCUT2D eigenvalue weighted by Gasteiger charge is -1.89. The third kappa shape index (κ3) is 1.16. The molecule has 3 heteroatoms. The lowest BCUT2D eigenvalue weighted by atomic mass is 10.3. The molecule has 0 radical (unpaired) electrons. The molecule has 0 unspecified atom stereocenters. The Hall–Kier alpha value is -1.09. The van der Waals surface area contributed by atoms with E-state index in [2.05, 4.69) is 24.0 Å². The smallest absolute Gasteiger partial charge is 0.181 e. The topological polar surface area (TPSA) is 26.0 Å². The average molecular weight is 179 g/mol. The maximum absolute atomic E-state index is 5.26. The highest BCUT2D eigenvalue weighted by atomic mass is 32.1. The van der Waals surface area contributed by atoms with Crippen molar-refractivity contribution in [1.82, 2.24) is 4.98 Å². The van der Waals surface area contributed by atoms with Crippen molar-refractivity contribution < 1.29 is 4.42 Å². The van der Waals surface area contributed by atoms with Crippen LogP contribution in [0.1, 0.15) is 10.6 Å². The minimum absolute atomic E-state index is 0.896. The Morgan fingerprint density at radius 1 is 1.33 bits per heavy atom.